The number of hydrogen-bond acceptors (Lipinski definition) is 4. The monoisotopic (exact) mass is 447 g/mol. The van der Waals surface area contributed by atoms with Crippen molar-refractivity contribution in [3.05, 3.63) is 17.7 Å². The first-order valence-corrected chi connectivity index (χ1v) is 7.53. The van der Waals surface area contributed by atoms with Crippen LogP contribution in [-0.2, 0) is 6.54 Å². The number of guanidine groups is 1. The highest BCUT2D eigenvalue weighted by atomic mass is 127. The van der Waals surface area contributed by atoms with Gasteiger partial charge in [-0.3, -0.25) is 0 Å². The van der Waals surface area contributed by atoms with E-state index < -0.39 is 0 Å². The Morgan fingerprint density at radius 3 is 2.25 bits per heavy atom. The van der Waals surface area contributed by atoms with Crippen molar-refractivity contribution in [2.75, 3.05) is 33.9 Å². The largest absolute Gasteiger partial charge is 0.493 e. The fourth-order valence-corrected chi connectivity index (χ4v) is 1.96. The van der Waals surface area contributed by atoms with Crippen LogP contribution in [0.1, 0.15) is 19.4 Å². The van der Waals surface area contributed by atoms with Crippen molar-refractivity contribution in [3.63, 3.8) is 0 Å². The van der Waals surface area contributed by atoms with Gasteiger partial charge in [0.1, 0.15) is 0 Å². The van der Waals surface area contributed by atoms with E-state index in [1.54, 1.807) is 14.2 Å². The molecule has 1 rings (SSSR count). The number of aliphatic imine (C=N–C) groups is 1. The number of terminal acetylenes is 1. The Labute approximate surface area is 161 Å². The molecule has 0 heterocycles. The van der Waals surface area contributed by atoms with Crippen molar-refractivity contribution in [2.24, 2.45) is 4.99 Å². The molecule has 0 saturated carbocycles. The Morgan fingerprint density at radius 2 is 1.79 bits per heavy atom. The molecule has 0 spiro atoms. The maximum atomic E-state index is 5.59. The first kappa shape index (κ1) is 22.2. The average Bonchev–Trinajstić information content (AvgIpc) is 2.58. The van der Waals surface area contributed by atoms with Crippen LogP contribution in [-0.4, -0.2) is 39.9 Å². The molecule has 1 aromatic carbocycles. The number of methoxy groups -OCH3 is 2. The van der Waals surface area contributed by atoms with Gasteiger partial charge in [-0.1, -0.05) is 5.92 Å². The first-order chi connectivity index (χ1) is 11.2. The molecule has 0 aliphatic carbocycles. The van der Waals surface area contributed by atoms with Crippen LogP contribution in [0.3, 0.4) is 0 Å². The summed E-state index contributed by atoms with van der Waals surface area (Å²) < 4.78 is 16.4. The summed E-state index contributed by atoms with van der Waals surface area (Å²) >= 11 is 0. The van der Waals surface area contributed by atoms with E-state index in [4.69, 9.17) is 20.6 Å². The lowest BCUT2D eigenvalue weighted by Gasteiger charge is -2.15. The SMILES string of the molecule is C#CCNC(=NCc1cc(OC)c(OCC)c(OC)c1)NCC.I. The number of halogens is 1. The number of benzene rings is 1. The molecule has 0 unspecified atom stereocenters. The molecule has 0 aliphatic rings. The molecule has 0 bridgehead atoms. The molecular weight excluding hydrogens is 421 g/mol. The second kappa shape index (κ2) is 12.6. The van der Waals surface area contributed by atoms with Crippen molar-refractivity contribution in [1.29, 1.82) is 0 Å². The zero-order valence-electron chi connectivity index (χ0n) is 14.6. The van der Waals surface area contributed by atoms with Crippen molar-refractivity contribution in [3.8, 4) is 29.6 Å². The summed E-state index contributed by atoms with van der Waals surface area (Å²) in [5.41, 5.74) is 0.945. The summed E-state index contributed by atoms with van der Waals surface area (Å²) in [6.45, 7) is 6.07. The molecular formula is C17H26IN3O3. The maximum absolute atomic E-state index is 5.59. The lowest BCUT2D eigenvalue weighted by Crippen LogP contribution is -2.37. The number of nitrogens with zero attached hydrogens (tertiary/aromatic N) is 1. The van der Waals surface area contributed by atoms with Gasteiger partial charge >= 0.3 is 0 Å². The second-order valence-corrected chi connectivity index (χ2v) is 4.52. The summed E-state index contributed by atoms with van der Waals surface area (Å²) in [6.07, 6.45) is 5.26. The summed E-state index contributed by atoms with van der Waals surface area (Å²) in [7, 11) is 3.20. The number of rotatable bonds is 8. The highest BCUT2D eigenvalue weighted by Crippen LogP contribution is 2.38. The standard InChI is InChI=1S/C17H25N3O3.HI/c1-6-9-19-17(18-7-2)20-12-13-10-14(21-4)16(23-8-3)15(11-13)22-5;/h1,10-11H,7-9,12H2,2-5H3,(H2,18,19,20);1H. The minimum absolute atomic E-state index is 0. The van der Waals surface area contributed by atoms with E-state index in [1.807, 2.05) is 26.0 Å². The van der Waals surface area contributed by atoms with Crippen LogP contribution in [0.4, 0.5) is 0 Å². The smallest absolute Gasteiger partial charge is 0.203 e. The summed E-state index contributed by atoms with van der Waals surface area (Å²) in [4.78, 5) is 4.49. The molecule has 6 nitrogen and oxygen atoms in total. The molecule has 134 valence electrons. The van der Waals surface area contributed by atoms with Gasteiger partial charge < -0.3 is 24.8 Å². The lowest BCUT2D eigenvalue weighted by atomic mass is 10.2. The zero-order valence-corrected chi connectivity index (χ0v) is 17.0. The third-order valence-electron chi connectivity index (χ3n) is 2.93. The van der Waals surface area contributed by atoms with Gasteiger partial charge in [-0.2, -0.15) is 0 Å². The summed E-state index contributed by atoms with van der Waals surface area (Å²) in [5, 5.41) is 6.18. The van der Waals surface area contributed by atoms with Crippen LogP contribution in [0, 0.1) is 12.3 Å². The quantitative estimate of drug-likeness (QED) is 0.278. The van der Waals surface area contributed by atoms with Crippen LogP contribution in [0.25, 0.3) is 0 Å². The molecule has 2 N–H and O–H groups in total. The van der Waals surface area contributed by atoms with E-state index in [0.717, 1.165) is 12.1 Å². The van der Waals surface area contributed by atoms with Gasteiger partial charge in [0.15, 0.2) is 17.5 Å². The number of nitrogens with one attached hydrogen (secondary N) is 2. The van der Waals surface area contributed by atoms with Gasteiger partial charge in [0.25, 0.3) is 0 Å². The molecule has 0 aliphatic heterocycles. The molecule has 0 fully saturated rings. The maximum Gasteiger partial charge on any atom is 0.203 e. The molecule has 24 heavy (non-hydrogen) atoms. The van der Waals surface area contributed by atoms with E-state index >= 15 is 0 Å². The Hall–Kier alpha value is -1.82. The highest BCUT2D eigenvalue weighted by Gasteiger charge is 2.13. The minimum atomic E-state index is 0. The fourth-order valence-electron chi connectivity index (χ4n) is 1.96. The van der Waals surface area contributed by atoms with Gasteiger partial charge in [0.2, 0.25) is 5.75 Å². The van der Waals surface area contributed by atoms with Gasteiger partial charge in [0.05, 0.1) is 33.9 Å². The van der Waals surface area contributed by atoms with E-state index in [0.29, 0.717) is 42.9 Å². The molecule has 0 aromatic heterocycles. The van der Waals surface area contributed by atoms with Gasteiger partial charge in [-0.25, -0.2) is 4.99 Å². The van der Waals surface area contributed by atoms with Gasteiger partial charge in [-0.15, -0.1) is 30.4 Å². The van der Waals surface area contributed by atoms with Crippen LogP contribution in [0.15, 0.2) is 17.1 Å². The molecule has 0 saturated heterocycles. The van der Waals surface area contributed by atoms with Crippen LogP contribution in [0.2, 0.25) is 0 Å². The summed E-state index contributed by atoms with van der Waals surface area (Å²) in [5.74, 6) is 5.03. The Kier molecular flexibility index (Phi) is 11.6. The van der Waals surface area contributed by atoms with Crippen LogP contribution in [0.5, 0.6) is 17.2 Å². The highest BCUT2D eigenvalue weighted by molar-refractivity contribution is 14.0. The average molecular weight is 447 g/mol. The first-order valence-electron chi connectivity index (χ1n) is 7.53. The molecule has 7 heteroatoms. The zero-order chi connectivity index (χ0) is 17.1. The molecule has 0 amide bonds. The number of hydrogen-bond donors (Lipinski definition) is 2. The van der Waals surface area contributed by atoms with Crippen LogP contribution >= 0.6 is 24.0 Å². The van der Waals surface area contributed by atoms with Crippen molar-refractivity contribution >= 4 is 29.9 Å². The van der Waals surface area contributed by atoms with Crippen LogP contribution < -0.4 is 24.8 Å². The minimum Gasteiger partial charge on any atom is -0.493 e. The normalized spacial score (nSPS) is 10.2. The molecule has 1 aromatic rings. The van der Waals surface area contributed by atoms with Gasteiger partial charge in [-0.05, 0) is 31.5 Å². The van der Waals surface area contributed by atoms with Crippen molar-refractivity contribution < 1.29 is 14.2 Å². The fraction of sp³-hybridized carbons (Fsp3) is 0.471. The Bertz CT molecular complexity index is 546. The molecule has 0 radical (unpaired) electrons. The third-order valence-corrected chi connectivity index (χ3v) is 2.93. The van der Waals surface area contributed by atoms with E-state index in [-0.39, 0.29) is 24.0 Å². The Balaban J connectivity index is 0.00000529. The summed E-state index contributed by atoms with van der Waals surface area (Å²) in [6, 6.07) is 3.78. The van der Waals surface area contributed by atoms with Gasteiger partial charge in [0, 0.05) is 6.54 Å². The van der Waals surface area contributed by atoms with Crippen molar-refractivity contribution in [2.45, 2.75) is 20.4 Å². The van der Waals surface area contributed by atoms with E-state index in [2.05, 4.69) is 21.5 Å². The lowest BCUT2D eigenvalue weighted by molar-refractivity contribution is 0.288. The topological polar surface area (TPSA) is 64.1 Å². The predicted molar refractivity (Wildman–Crippen MR) is 108 cm³/mol. The third kappa shape index (κ3) is 6.74. The second-order valence-electron chi connectivity index (χ2n) is 4.52. The molecule has 0 atom stereocenters. The Morgan fingerprint density at radius 1 is 1.17 bits per heavy atom. The van der Waals surface area contributed by atoms with E-state index in [9.17, 15) is 0 Å². The van der Waals surface area contributed by atoms with E-state index in [1.165, 1.54) is 0 Å². The van der Waals surface area contributed by atoms with Crippen molar-refractivity contribution in [1.82, 2.24) is 10.6 Å². The number of ether oxygens (including phenoxy) is 3. The predicted octanol–water partition coefficient (Wildman–Crippen LogP) is 2.41.